The van der Waals surface area contributed by atoms with Gasteiger partial charge in [0.2, 0.25) is 0 Å². The Balaban J connectivity index is 2.84. The van der Waals surface area contributed by atoms with E-state index in [1.54, 1.807) is 12.1 Å². The molecule has 2 rings (SSSR count). The molecule has 0 saturated carbocycles. The van der Waals surface area contributed by atoms with Crippen LogP contribution in [0.4, 0.5) is 0 Å². The van der Waals surface area contributed by atoms with Crippen molar-refractivity contribution in [2.45, 2.75) is 6.42 Å². The summed E-state index contributed by atoms with van der Waals surface area (Å²) in [5.41, 5.74) is 6.72. The summed E-state index contributed by atoms with van der Waals surface area (Å²) in [7, 11) is 0. The van der Waals surface area contributed by atoms with Crippen molar-refractivity contribution in [3.05, 3.63) is 33.4 Å². The van der Waals surface area contributed by atoms with E-state index in [1.807, 2.05) is 0 Å². The van der Waals surface area contributed by atoms with Gasteiger partial charge in [-0.2, -0.15) is 0 Å². The van der Waals surface area contributed by atoms with Gasteiger partial charge >= 0.3 is 5.97 Å². The second-order valence-corrected chi connectivity index (χ2v) is 4.42. The number of H-pyrrole nitrogens is 1. The summed E-state index contributed by atoms with van der Waals surface area (Å²) in [5.74, 6) is -1.04. The van der Waals surface area contributed by atoms with E-state index < -0.39 is 5.97 Å². The molecular weight excluding hydrogens is 263 g/mol. The first-order valence-electron chi connectivity index (χ1n) is 4.98. The maximum Gasteiger partial charge on any atom is 0.352 e. The minimum Gasteiger partial charge on any atom is -0.477 e. The minimum atomic E-state index is -1.04. The smallest absolute Gasteiger partial charge is 0.352 e. The van der Waals surface area contributed by atoms with Crippen molar-refractivity contribution < 1.29 is 9.90 Å². The van der Waals surface area contributed by atoms with Crippen LogP contribution in [0.1, 0.15) is 16.1 Å². The topological polar surface area (TPSA) is 79.1 Å². The number of aromatic nitrogens is 1. The fraction of sp³-hybridized carbons (Fsp3) is 0.182. The van der Waals surface area contributed by atoms with Crippen LogP contribution in [0.2, 0.25) is 10.0 Å². The predicted molar refractivity (Wildman–Crippen MR) is 68.0 cm³/mol. The molecule has 17 heavy (non-hydrogen) atoms. The standard InChI is InChI=1S/C11H10Cl2N2O2/c12-6-1-2-7(13)10-8(6)5(3-4-14)9(15-10)11(16)17/h1-2,15H,3-4,14H2,(H,16,17). The van der Waals surface area contributed by atoms with Crippen molar-refractivity contribution in [3.8, 4) is 0 Å². The number of hydrogen-bond donors (Lipinski definition) is 3. The molecule has 1 heterocycles. The van der Waals surface area contributed by atoms with Gasteiger partial charge in [-0.3, -0.25) is 0 Å². The molecule has 90 valence electrons. The molecule has 0 radical (unpaired) electrons. The van der Waals surface area contributed by atoms with Gasteiger partial charge in [-0.05, 0) is 30.7 Å². The molecule has 6 heteroatoms. The van der Waals surface area contributed by atoms with Crippen LogP contribution >= 0.6 is 23.2 Å². The first-order chi connectivity index (χ1) is 8.06. The average molecular weight is 273 g/mol. The van der Waals surface area contributed by atoms with Crippen molar-refractivity contribution >= 4 is 40.1 Å². The minimum absolute atomic E-state index is 0.0976. The third-order valence-electron chi connectivity index (χ3n) is 2.57. The van der Waals surface area contributed by atoms with Gasteiger partial charge in [-0.15, -0.1) is 0 Å². The first kappa shape index (κ1) is 12.2. The molecule has 4 nitrogen and oxygen atoms in total. The number of nitrogens with two attached hydrogens (primary N) is 1. The quantitative estimate of drug-likeness (QED) is 0.804. The first-order valence-corrected chi connectivity index (χ1v) is 5.73. The Morgan fingerprint density at radius 2 is 2.00 bits per heavy atom. The van der Waals surface area contributed by atoms with E-state index in [1.165, 1.54) is 0 Å². The molecule has 0 saturated heterocycles. The van der Waals surface area contributed by atoms with Crippen molar-refractivity contribution in [2.75, 3.05) is 6.54 Å². The summed E-state index contributed by atoms with van der Waals surface area (Å²) < 4.78 is 0. The zero-order chi connectivity index (χ0) is 12.6. The summed E-state index contributed by atoms with van der Waals surface area (Å²) in [6, 6.07) is 3.27. The number of carboxylic acids is 1. The lowest BCUT2D eigenvalue weighted by Crippen LogP contribution is -2.07. The maximum absolute atomic E-state index is 11.1. The van der Waals surface area contributed by atoms with Crippen LogP contribution in [0.3, 0.4) is 0 Å². The van der Waals surface area contributed by atoms with E-state index in [0.29, 0.717) is 39.5 Å². The summed E-state index contributed by atoms with van der Waals surface area (Å²) in [6.07, 6.45) is 0.432. The van der Waals surface area contributed by atoms with Crippen LogP contribution < -0.4 is 5.73 Å². The number of carbonyl (C=O) groups is 1. The summed E-state index contributed by atoms with van der Waals surface area (Å²) >= 11 is 12.1. The number of aromatic carboxylic acids is 1. The lowest BCUT2D eigenvalue weighted by Gasteiger charge is -2.01. The Kier molecular flexibility index (Phi) is 3.28. The van der Waals surface area contributed by atoms with E-state index in [9.17, 15) is 4.79 Å². The fourth-order valence-electron chi connectivity index (χ4n) is 1.87. The highest BCUT2D eigenvalue weighted by atomic mass is 35.5. The van der Waals surface area contributed by atoms with Crippen LogP contribution in [-0.2, 0) is 6.42 Å². The lowest BCUT2D eigenvalue weighted by atomic mass is 10.1. The van der Waals surface area contributed by atoms with Gasteiger partial charge in [0.05, 0.1) is 15.6 Å². The molecule has 1 aromatic carbocycles. The van der Waals surface area contributed by atoms with Gasteiger partial charge in [0.15, 0.2) is 0 Å². The molecule has 0 bridgehead atoms. The number of nitrogens with one attached hydrogen (secondary N) is 1. The van der Waals surface area contributed by atoms with E-state index >= 15 is 0 Å². The van der Waals surface area contributed by atoms with Crippen LogP contribution in [0.5, 0.6) is 0 Å². The Morgan fingerprint density at radius 1 is 1.35 bits per heavy atom. The lowest BCUT2D eigenvalue weighted by molar-refractivity contribution is 0.0690. The molecule has 0 fully saturated rings. The molecule has 4 N–H and O–H groups in total. The summed E-state index contributed by atoms with van der Waals surface area (Å²) in [5, 5.41) is 10.7. The highest BCUT2D eigenvalue weighted by Gasteiger charge is 2.19. The van der Waals surface area contributed by atoms with Crippen molar-refractivity contribution in [1.82, 2.24) is 4.98 Å². The SMILES string of the molecule is NCCc1c(C(=O)O)[nH]c2c(Cl)ccc(Cl)c12. The second kappa shape index (κ2) is 4.56. The molecule has 0 unspecified atom stereocenters. The van der Waals surface area contributed by atoms with Crippen molar-refractivity contribution in [3.63, 3.8) is 0 Å². The number of aromatic amines is 1. The Hall–Kier alpha value is -1.23. The fourth-order valence-corrected chi connectivity index (χ4v) is 2.35. The second-order valence-electron chi connectivity index (χ2n) is 3.60. The van der Waals surface area contributed by atoms with Crippen molar-refractivity contribution in [2.24, 2.45) is 5.73 Å². The van der Waals surface area contributed by atoms with Gasteiger partial charge in [0.1, 0.15) is 5.69 Å². The molecule has 0 aliphatic rings. The third kappa shape index (κ3) is 1.99. The van der Waals surface area contributed by atoms with Crippen LogP contribution in [0, 0.1) is 0 Å². The van der Waals surface area contributed by atoms with Gasteiger partial charge in [0, 0.05) is 5.39 Å². The van der Waals surface area contributed by atoms with Crippen LogP contribution in [0.15, 0.2) is 12.1 Å². The van der Waals surface area contributed by atoms with E-state index in [4.69, 9.17) is 34.0 Å². The molecule has 0 spiro atoms. The van der Waals surface area contributed by atoms with Crippen molar-refractivity contribution in [1.29, 1.82) is 0 Å². The molecule has 0 aliphatic carbocycles. The largest absolute Gasteiger partial charge is 0.477 e. The molecule has 2 aromatic rings. The highest BCUT2D eigenvalue weighted by molar-refractivity contribution is 6.40. The Morgan fingerprint density at radius 3 is 2.59 bits per heavy atom. The molecular formula is C11H10Cl2N2O2. The van der Waals surface area contributed by atoms with E-state index in [-0.39, 0.29) is 5.69 Å². The number of hydrogen-bond acceptors (Lipinski definition) is 2. The van der Waals surface area contributed by atoms with Gasteiger partial charge in [-0.25, -0.2) is 4.79 Å². The zero-order valence-electron chi connectivity index (χ0n) is 8.76. The number of benzene rings is 1. The van der Waals surface area contributed by atoms with Gasteiger partial charge in [0.25, 0.3) is 0 Å². The predicted octanol–water partition coefficient (Wildman–Crippen LogP) is 2.67. The molecule has 0 aliphatic heterocycles. The Labute approximate surface area is 107 Å². The van der Waals surface area contributed by atoms with Gasteiger partial charge in [-0.1, -0.05) is 23.2 Å². The summed E-state index contributed by atoms with van der Waals surface area (Å²) in [4.78, 5) is 13.9. The maximum atomic E-state index is 11.1. The highest BCUT2D eigenvalue weighted by Crippen LogP contribution is 2.34. The number of halogens is 2. The average Bonchev–Trinajstić information content (AvgIpc) is 2.65. The van der Waals surface area contributed by atoms with E-state index in [0.717, 1.165) is 0 Å². The Bertz CT molecular complexity index is 593. The number of carboxylic acid groups (broad SMARTS) is 1. The van der Waals surface area contributed by atoms with Gasteiger partial charge < -0.3 is 15.8 Å². The van der Waals surface area contributed by atoms with Crippen LogP contribution in [0.25, 0.3) is 10.9 Å². The monoisotopic (exact) mass is 272 g/mol. The molecule has 0 atom stereocenters. The van der Waals surface area contributed by atoms with Crippen LogP contribution in [-0.4, -0.2) is 22.6 Å². The molecule has 1 aromatic heterocycles. The zero-order valence-corrected chi connectivity index (χ0v) is 10.3. The molecule has 0 amide bonds. The van der Waals surface area contributed by atoms with E-state index in [2.05, 4.69) is 4.98 Å². The number of fused-ring (bicyclic) bond motifs is 1. The number of rotatable bonds is 3. The third-order valence-corrected chi connectivity index (χ3v) is 3.20. The normalized spacial score (nSPS) is 11.0. The summed E-state index contributed by atoms with van der Waals surface area (Å²) in [6.45, 7) is 0.343.